The van der Waals surface area contributed by atoms with E-state index >= 15 is 0 Å². The minimum absolute atomic E-state index is 0.797. The zero-order valence-electron chi connectivity index (χ0n) is 8.06. The molecule has 0 amide bonds. The van der Waals surface area contributed by atoms with Crippen LogP contribution in [-0.4, -0.2) is 12.6 Å². The van der Waals surface area contributed by atoms with Crippen molar-refractivity contribution in [3.8, 4) is 0 Å². The van der Waals surface area contributed by atoms with Gasteiger partial charge in [0.25, 0.3) is 0 Å². The molecule has 1 fully saturated rings. The van der Waals surface area contributed by atoms with Crippen LogP contribution in [0.15, 0.2) is 0 Å². The van der Waals surface area contributed by atoms with Crippen LogP contribution in [0.5, 0.6) is 0 Å². The topological polar surface area (TPSA) is 12.0 Å². The van der Waals surface area contributed by atoms with Gasteiger partial charge in [0.2, 0.25) is 0 Å². The van der Waals surface area contributed by atoms with Gasteiger partial charge < -0.3 is 5.32 Å². The smallest absolute Gasteiger partial charge is 0.00698 e. The minimum atomic E-state index is 0.797. The van der Waals surface area contributed by atoms with Gasteiger partial charge in [-0.3, -0.25) is 0 Å². The Hall–Kier alpha value is -0.0400. The summed E-state index contributed by atoms with van der Waals surface area (Å²) in [5.74, 6) is 1.76. The van der Waals surface area contributed by atoms with E-state index in [0.717, 1.165) is 17.9 Å². The SMILES string of the molecule is CC(C)CNC1CCC(C)C1. The van der Waals surface area contributed by atoms with Gasteiger partial charge in [-0.25, -0.2) is 0 Å². The first-order valence-corrected chi connectivity index (χ1v) is 4.92. The van der Waals surface area contributed by atoms with Crippen molar-refractivity contribution in [2.45, 2.75) is 46.1 Å². The molecule has 1 heteroatoms. The summed E-state index contributed by atoms with van der Waals surface area (Å²) in [5, 5.41) is 3.61. The van der Waals surface area contributed by atoms with Gasteiger partial charge in [-0.15, -0.1) is 0 Å². The molecular formula is C10H21N. The summed E-state index contributed by atoms with van der Waals surface area (Å²) >= 11 is 0. The Morgan fingerprint density at radius 1 is 1.36 bits per heavy atom. The van der Waals surface area contributed by atoms with E-state index in [1.54, 1.807) is 0 Å². The highest BCUT2D eigenvalue weighted by Crippen LogP contribution is 2.24. The number of hydrogen-bond acceptors (Lipinski definition) is 1. The van der Waals surface area contributed by atoms with Gasteiger partial charge in [0.1, 0.15) is 0 Å². The number of rotatable bonds is 3. The fourth-order valence-corrected chi connectivity index (χ4v) is 1.79. The van der Waals surface area contributed by atoms with Crippen molar-refractivity contribution in [1.29, 1.82) is 0 Å². The first kappa shape index (κ1) is 9.05. The van der Waals surface area contributed by atoms with Crippen molar-refractivity contribution in [2.24, 2.45) is 11.8 Å². The van der Waals surface area contributed by atoms with E-state index < -0.39 is 0 Å². The Kier molecular flexibility index (Phi) is 3.38. The highest BCUT2D eigenvalue weighted by molar-refractivity contribution is 4.78. The van der Waals surface area contributed by atoms with Crippen molar-refractivity contribution >= 4 is 0 Å². The summed E-state index contributed by atoms with van der Waals surface area (Å²) in [6.45, 7) is 8.09. The van der Waals surface area contributed by atoms with Crippen LogP contribution in [0.2, 0.25) is 0 Å². The summed E-state index contributed by atoms with van der Waals surface area (Å²) in [6.07, 6.45) is 4.22. The van der Waals surface area contributed by atoms with Gasteiger partial charge in [-0.05, 0) is 37.6 Å². The van der Waals surface area contributed by atoms with Crippen LogP contribution in [-0.2, 0) is 0 Å². The molecule has 1 aliphatic rings. The summed E-state index contributed by atoms with van der Waals surface area (Å²) in [6, 6.07) is 0.826. The highest BCUT2D eigenvalue weighted by Gasteiger charge is 2.20. The summed E-state index contributed by atoms with van der Waals surface area (Å²) in [7, 11) is 0. The Morgan fingerprint density at radius 2 is 2.09 bits per heavy atom. The predicted octanol–water partition coefficient (Wildman–Crippen LogP) is 2.42. The third-order valence-corrected chi connectivity index (χ3v) is 2.51. The van der Waals surface area contributed by atoms with Gasteiger partial charge in [0, 0.05) is 6.04 Å². The molecule has 1 N–H and O–H groups in total. The van der Waals surface area contributed by atoms with Crippen LogP contribution in [0.1, 0.15) is 40.0 Å². The third-order valence-electron chi connectivity index (χ3n) is 2.51. The van der Waals surface area contributed by atoms with E-state index in [0.29, 0.717) is 0 Å². The van der Waals surface area contributed by atoms with E-state index in [-0.39, 0.29) is 0 Å². The molecule has 0 heterocycles. The summed E-state index contributed by atoms with van der Waals surface area (Å²) < 4.78 is 0. The van der Waals surface area contributed by atoms with E-state index in [4.69, 9.17) is 0 Å². The molecule has 66 valence electrons. The molecule has 1 nitrogen and oxygen atoms in total. The second kappa shape index (κ2) is 4.10. The second-order valence-corrected chi connectivity index (χ2v) is 4.42. The van der Waals surface area contributed by atoms with Crippen LogP contribution in [0.3, 0.4) is 0 Å². The number of nitrogens with one attached hydrogen (secondary N) is 1. The first-order chi connectivity index (χ1) is 5.18. The monoisotopic (exact) mass is 155 g/mol. The average molecular weight is 155 g/mol. The summed E-state index contributed by atoms with van der Waals surface area (Å²) in [5.41, 5.74) is 0. The minimum Gasteiger partial charge on any atom is -0.314 e. The quantitative estimate of drug-likeness (QED) is 0.660. The Morgan fingerprint density at radius 3 is 2.55 bits per heavy atom. The Bertz CT molecular complexity index is 109. The van der Waals surface area contributed by atoms with Crippen molar-refractivity contribution < 1.29 is 0 Å². The van der Waals surface area contributed by atoms with Gasteiger partial charge in [0.05, 0.1) is 0 Å². The molecule has 0 saturated heterocycles. The van der Waals surface area contributed by atoms with Crippen molar-refractivity contribution in [1.82, 2.24) is 5.32 Å². The lowest BCUT2D eigenvalue weighted by Crippen LogP contribution is -2.29. The average Bonchev–Trinajstić information content (AvgIpc) is 2.31. The largest absolute Gasteiger partial charge is 0.314 e. The van der Waals surface area contributed by atoms with E-state index in [1.807, 2.05) is 0 Å². The molecule has 1 saturated carbocycles. The summed E-state index contributed by atoms with van der Waals surface area (Å²) in [4.78, 5) is 0. The molecule has 0 bridgehead atoms. The molecule has 0 aliphatic heterocycles. The fourth-order valence-electron chi connectivity index (χ4n) is 1.79. The lowest BCUT2D eigenvalue weighted by Gasteiger charge is -2.13. The first-order valence-electron chi connectivity index (χ1n) is 4.92. The molecule has 2 atom stereocenters. The molecule has 0 aromatic carbocycles. The fraction of sp³-hybridized carbons (Fsp3) is 1.00. The van der Waals surface area contributed by atoms with Gasteiger partial charge in [0.15, 0.2) is 0 Å². The molecule has 1 aliphatic carbocycles. The lowest BCUT2D eigenvalue weighted by molar-refractivity contribution is 0.458. The van der Waals surface area contributed by atoms with Gasteiger partial charge >= 0.3 is 0 Å². The maximum atomic E-state index is 3.61. The van der Waals surface area contributed by atoms with E-state index in [2.05, 4.69) is 26.1 Å². The van der Waals surface area contributed by atoms with Crippen molar-refractivity contribution in [2.75, 3.05) is 6.54 Å². The third kappa shape index (κ3) is 3.24. The normalized spacial score (nSPS) is 31.6. The highest BCUT2D eigenvalue weighted by atomic mass is 14.9. The zero-order chi connectivity index (χ0) is 8.27. The standard InChI is InChI=1S/C10H21N/c1-8(2)7-11-10-5-4-9(3)6-10/h8-11H,4-7H2,1-3H3. The lowest BCUT2D eigenvalue weighted by atomic mass is 10.1. The molecule has 0 aromatic rings. The van der Waals surface area contributed by atoms with Crippen molar-refractivity contribution in [3.63, 3.8) is 0 Å². The van der Waals surface area contributed by atoms with E-state index in [9.17, 15) is 0 Å². The predicted molar refractivity (Wildman–Crippen MR) is 49.6 cm³/mol. The van der Waals surface area contributed by atoms with Gasteiger partial charge in [-0.1, -0.05) is 20.8 Å². The van der Waals surface area contributed by atoms with Crippen LogP contribution in [0.4, 0.5) is 0 Å². The zero-order valence-corrected chi connectivity index (χ0v) is 8.06. The Balaban J connectivity index is 2.08. The maximum absolute atomic E-state index is 3.61. The van der Waals surface area contributed by atoms with Crippen LogP contribution < -0.4 is 5.32 Å². The maximum Gasteiger partial charge on any atom is 0.00698 e. The molecule has 11 heavy (non-hydrogen) atoms. The van der Waals surface area contributed by atoms with Crippen LogP contribution in [0.25, 0.3) is 0 Å². The van der Waals surface area contributed by atoms with Gasteiger partial charge in [-0.2, -0.15) is 0 Å². The molecule has 0 spiro atoms. The van der Waals surface area contributed by atoms with Crippen LogP contribution in [0, 0.1) is 11.8 Å². The molecule has 1 rings (SSSR count). The molecule has 0 aromatic heterocycles. The van der Waals surface area contributed by atoms with Crippen molar-refractivity contribution in [3.05, 3.63) is 0 Å². The van der Waals surface area contributed by atoms with E-state index in [1.165, 1.54) is 25.8 Å². The van der Waals surface area contributed by atoms with Crippen LogP contribution >= 0.6 is 0 Å². The molecule has 2 unspecified atom stereocenters. The molecule has 0 radical (unpaired) electrons. The molecular weight excluding hydrogens is 134 g/mol. The Labute approximate surface area is 70.6 Å². The second-order valence-electron chi connectivity index (χ2n) is 4.42. The number of hydrogen-bond donors (Lipinski definition) is 1.